The Morgan fingerprint density at radius 2 is 1.54 bits per heavy atom. The van der Waals surface area contributed by atoms with Gasteiger partial charge in [0.15, 0.2) is 0 Å². The van der Waals surface area contributed by atoms with Crippen LogP contribution in [-0.2, 0) is 10.0 Å². The van der Waals surface area contributed by atoms with E-state index < -0.39 is 10.0 Å². The molecule has 0 heterocycles. The molecule has 0 unspecified atom stereocenters. The molecule has 6 nitrogen and oxygen atoms in total. The first-order chi connectivity index (χ1) is 12.2. The molecule has 2 aromatic carbocycles. The lowest BCUT2D eigenvalue weighted by Crippen LogP contribution is -2.34. The van der Waals surface area contributed by atoms with E-state index >= 15 is 0 Å². The maximum Gasteiger partial charge on any atom is 0.240 e. The molecule has 0 aromatic heterocycles. The molecule has 26 heavy (non-hydrogen) atoms. The highest BCUT2D eigenvalue weighted by molar-refractivity contribution is 7.89. The summed E-state index contributed by atoms with van der Waals surface area (Å²) in [5.41, 5.74) is 2.16. The van der Waals surface area contributed by atoms with E-state index in [1.54, 1.807) is 19.2 Å². The number of hydrogen-bond acceptors (Lipinski definition) is 5. The maximum absolute atomic E-state index is 12.6. The van der Waals surface area contributed by atoms with Gasteiger partial charge < -0.3 is 14.5 Å². The lowest BCUT2D eigenvalue weighted by atomic mass is 10.1. The highest BCUT2D eigenvalue weighted by Gasteiger charge is 2.20. The van der Waals surface area contributed by atoms with Gasteiger partial charge >= 0.3 is 0 Å². The summed E-state index contributed by atoms with van der Waals surface area (Å²) in [6.45, 7) is 0.280. The first kappa shape index (κ1) is 20.2. The van der Waals surface area contributed by atoms with E-state index in [9.17, 15) is 8.42 Å². The van der Waals surface area contributed by atoms with Crippen molar-refractivity contribution >= 4 is 15.7 Å². The molecule has 2 aromatic rings. The van der Waals surface area contributed by atoms with E-state index in [4.69, 9.17) is 4.74 Å². The quantitative estimate of drug-likeness (QED) is 0.765. The van der Waals surface area contributed by atoms with Gasteiger partial charge in [0.1, 0.15) is 5.75 Å². The van der Waals surface area contributed by atoms with Crippen molar-refractivity contribution in [2.24, 2.45) is 0 Å². The molecule has 0 radical (unpaired) electrons. The van der Waals surface area contributed by atoms with Crippen molar-refractivity contribution in [1.82, 2.24) is 9.62 Å². The molecule has 0 amide bonds. The maximum atomic E-state index is 12.6. The molecule has 7 heteroatoms. The van der Waals surface area contributed by atoms with Crippen LogP contribution in [0.5, 0.6) is 5.75 Å². The Morgan fingerprint density at radius 3 is 2.00 bits per heavy atom. The van der Waals surface area contributed by atoms with Gasteiger partial charge in [0, 0.05) is 32.4 Å². The Bertz CT molecular complexity index is 801. The van der Waals surface area contributed by atoms with Gasteiger partial charge in [-0.1, -0.05) is 12.1 Å². The molecule has 0 fully saturated rings. The third-order valence-electron chi connectivity index (χ3n) is 4.25. The third kappa shape index (κ3) is 4.97. The fraction of sp³-hybridized carbons (Fsp3) is 0.368. The number of likely N-dealkylation sites (N-methyl/N-ethyl adjacent to an activating group) is 1. The highest BCUT2D eigenvalue weighted by Crippen LogP contribution is 2.22. The minimum atomic E-state index is -3.58. The molecule has 1 atom stereocenters. The van der Waals surface area contributed by atoms with Gasteiger partial charge in [-0.2, -0.15) is 0 Å². The lowest BCUT2D eigenvalue weighted by Gasteiger charge is -2.25. The summed E-state index contributed by atoms with van der Waals surface area (Å²) in [6.07, 6.45) is 0. The number of nitrogens with zero attached hydrogens (tertiary/aromatic N) is 2. The van der Waals surface area contributed by atoms with Crippen LogP contribution in [0.15, 0.2) is 53.4 Å². The molecular weight excluding hydrogens is 350 g/mol. The second-order valence-corrected chi connectivity index (χ2v) is 8.26. The fourth-order valence-corrected chi connectivity index (χ4v) is 3.66. The highest BCUT2D eigenvalue weighted by atomic mass is 32.2. The van der Waals surface area contributed by atoms with Crippen molar-refractivity contribution in [3.63, 3.8) is 0 Å². The summed E-state index contributed by atoms with van der Waals surface area (Å²) < 4.78 is 32.9. The van der Waals surface area contributed by atoms with E-state index in [1.165, 1.54) is 12.1 Å². The van der Waals surface area contributed by atoms with Crippen LogP contribution in [-0.4, -0.2) is 55.2 Å². The van der Waals surface area contributed by atoms with Gasteiger partial charge in [0.25, 0.3) is 0 Å². The van der Waals surface area contributed by atoms with Gasteiger partial charge in [-0.25, -0.2) is 13.1 Å². The Labute approximate surface area is 156 Å². The minimum absolute atomic E-state index is 0.0702. The number of anilines is 1. The second kappa shape index (κ2) is 8.53. The smallest absolute Gasteiger partial charge is 0.240 e. The van der Waals surface area contributed by atoms with Crippen LogP contribution in [0.2, 0.25) is 0 Å². The van der Waals surface area contributed by atoms with Crippen molar-refractivity contribution in [2.45, 2.75) is 10.9 Å². The molecular formula is C19H27N3O3S. The lowest BCUT2D eigenvalue weighted by molar-refractivity contribution is 0.299. The molecule has 142 valence electrons. The molecule has 1 N–H and O–H groups in total. The minimum Gasteiger partial charge on any atom is -0.497 e. The normalized spacial score (nSPS) is 12.8. The summed E-state index contributed by atoms with van der Waals surface area (Å²) in [6, 6.07) is 14.4. The predicted molar refractivity (Wildman–Crippen MR) is 105 cm³/mol. The number of rotatable bonds is 8. The molecule has 0 spiro atoms. The fourth-order valence-electron chi connectivity index (χ4n) is 2.62. The number of sulfonamides is 1. The van der Waals surface area contributed by atoms with Gasteiger partial charge in [0.05, 0.1) is 12.0 Å². The van der Waals surface area contributed by atoms with Gasteiger partial charge in [-0.15, -0.1) is 0 Å². The first-order valence-electron chi connectivity index (χ1n) is 8.32. The number of ether oxygens (including phenoxy) is 1. The van der Waals surface area contributed by atoms with Crippen LogP contribution < -0.4 is 14.4 Å². The summed E-state index contributed by atoms with van der Waals surface area (Å²) in [4.78, 5) is 4.25. The standard InChI is InChI=1S/C19H27N3O3S/c1-21(2)16-8-6-15(7-9-16)19(22(3)4)14-20-26(23,24)18-12-10-17(25-5)11-13-18/h6-13,19-20H,14H2,1-5H3/t19-/m1/s1. The Morgan fingerprint density at radius 1 is 0.962 bits per heavy atom. The molecule has 0 aliphatic rings. The Kier molecular flexibility index (Phi) is 6.63. The predicted octanol–water partition coefficient (Wildman–Crippen LogP) is 2.34. The van der Waals surface area contributed by atoms with Gasteiger partial charge in [0.2, 0.25) is 10.0 Å². The van der Waals surface area contributed by atoms with E-state index in [-0.39, 0.29) is 17.5 Å². The van der Waals surface area contributed by atoms with Crippen LogP contribution in [0, 0.1) is 0 Å². The van der Waals surface area contributed by atoms with Crippen LogP contribution in [0.25, 0.3) is 0 Å². The van der Waals surface area contributed by atoms with Crippen molar-refractivity contribution in [3.8, 4) is 5.75 Å². The van der Waals surface area contributed by atoms with Crippen LogP contribution in [0.1, 0.15) is 11.6 Å². The topological polar surface area (TPSA) is 61.9 Å². The third-order valence-corrected chi connectivity index (χ3v) is 5.69. The zero-order valence-electron chi connectivity index (χ0n) is 15.9. The average molecular weight is 378 g/mol. The van der Waals surface area contributed by atoms with Crippen molar-refractivity contribution in [2.75, 3.05) is 46.7 Å². The summed E-state index contributed by atoms with van der Waals surface area (Å²) in [5, 5.41) is 0. The van der Waals surface area contributed by atoms with E-state index in [1.807, 2.05) is 62.3 Å². The van der Waals surface area contributed by atoms with Crippen LogP contribution in [0.4, 0.5) is 5.69 Å². The van der Waals surface area contributed by atoms with Crippen molar-refractivity contribution < 1.29 is 13.2 Å². The van der Waals surface area contributed by atoms with Gasteiger partial charge in [-0.05, 0) is 56.1 Å². The van der Waals surface area contributed by atoms with E-state index in [0.717, 1.165) is 11.3 Å². The Balaban J connectivity index is 2.14. The average Bonchev–Trinajstić information content (AvgIpc) is 2.62. The second-order valence-electron chi connectivity index (χ2n) is 6.49. The summed E-state index contributed by atoms with van der Waals surface area (Å²) >= 11 is 0. The monoisotopic (exact) mass is 377 g/mol. The number of benzene rings is 2. The molecule has 0 saturated carbocycles. The van der Waals surface area contributed by atoms with Gasteiger partial charge in [-0.3, -0.25) is 0 Å². The van der Waals surface area contributed by atoms with E-state index in [0.29, 0.717) is 5.75 Å². The largest absolute Gasteiger partial charge is 0.497 e. The molecule has 0 saturated heterocycles. The SMILES string of the molecule is COc1ccc(S(=O)(=O)NC[C@H](c2ccc(N(C)C)cc2)N(C)C)cc1. The number of hydrogen-bond donors (Lipinski definition) is 1. The summed E-state index contributed by atoms with van der Waals surface area (Å²) in [5.74, 6) is 0.621. The van der Waals surface area contributed by atoms with E-state index in [2.05, 4.69) is 4.72 Å². The first-order valence-corrected chi connectivity index (χ1v) is 9.80. The zero-order valence-corrected chi connectivity index (χ0v) is 16.7. The van der Waals surface area contributed by atoms with Crippen LogP contribution >= 0.6 is 0 Å². The number of methoxy groups -OCH3 is 1. The Hall–Kier alpha value is -2.09. The zero-order chi connectivity index (χ0) is 19.3. The van der Waals surface area contributed by atoms with Crippen molar-refractivity contribution in [3.05, 3.63) is 54.1 Å². The molecule has 0 aliphatic carbocycles. The molecule has 0 bridgehead atoms. The molecule has 0 aliphatic heterocycles. The van der Waals surface area contributed by atoms with Crippen molar-refractivity contribution in [1.29, 1.82) is 0 Å². The molecule has 2 rings (SSSR count). The number of nitrogens with one attached hydrogen (secondary N) is 1. The summed E-state index contributed by atoms with van der Waals surface area (Å²) in [7, 11) is 5.81. The van der Waals surface area contributed by atoms with Crippen LogP contribution in [0.3, 0.4) is 0 Å².